The summed E-state index contributed by atoms with van der Waals surface area (Å²) in [4.78, 5) is 16.7. The molecule has 0 bridgehead atoms. The van der Waals surface area contributed by atoms with Crippen LogP contribution in [0, 0.1) is 6.92 Å². The summed E-state index contributed by atoms with van der Waals surface area (Å²) in [7, 11) is 0. The molecule has 0 unspecified atom stereocenters. The topological polar surface area (TPSA) is 71.5 Å². The van der Waals surface area contributed by atoms with E-state index in [0.717, 1.165) is 11.3 Å². The summed E-state index contributed by atoms with van der Waals surface area (Å²) in [6.07, 6.45) is 0. The van der Waals surface area contributed by atoms with Crippen molar-refractivity contribution in [1.29, 1.82) is 0 Å². The van der Waals surface area contributed by atoms with Crippen molar-refractivity contribution in [2.75, 3.05) is 13.2 Å². The summed E-state index contributed by atoms with van der Waals surface area (Å²) in [5, 5.41) is 11.6. The second kappa shape index (κ2) is 7.02. The van der Waals surface area contributed by atoms with Gasteiger partial charge in [-0.2, -0.15) is 0 Å². The highest BCUT2D eigenvalue weighted by Gasteiger charge is 2.12. The minimum absolute atomic E-state index is 0.0409. The van der Waals surface area contributed by atoms with Crippen LogP contribution >= 0.6 is 11.3 Å². The van der Waals surface area contributed by atoms with E-state index >= 15 is 0 Å². The molecule has 0 atom stereocenters. The van der Waals surface area contributed by atoms with E-state index in [1.807, 2.05) is 31.2 Å². The fourth-order valence-corrected chi connectivity index (χ4v) is 2.44. The molecule has 0 radical (unpaired) electrons. The molecule has 5 nitrogen and oxygen atoms in total. The molecule has 1 aromatic carbocycles. The third kappa shape index (κ3) is 3.55. The standard InChI is InChI=1S/C14H16N2O3S/c1-10-13(20-9-16-10)14(18)15-8-11-4-2-3-5-12(11)19-7-6-17/h2-5,9,17H,6-8H2,1H3,(H,15,18). The zero-order valence-electron chi connectivity index (χ0n) is 11.1. The first kappa shape index (κ1) is 14.5. The zero-order valence-corrected chi connectivity index (χ0v) is 11.9. The fourth-order valence-electron chi connectivity index (χ4n) is 1.72. The number of hydrogen-bond donors (Lipinski definition) is 2. The third-order valence-electron chi connectivity index (χ3n) is 2.71. The van der Waals surface area contributed by atoms with E-state index in [2.05, 4.69) is 10.3 Å². The molecule has 0 saturated carbocycles. The lowest BCUT2D eigenvalue weighted by molar-refractivity contribution is 0.0953. The summed E-state index contributed by atoms with van der Waals surface area (Å²) in [5.74, 6) is 0.532. The Labute approximate surface area is 121 Å². The average Bonchev–Trinajstić information content (AvgIpc) is 2.89. The van der Waals surface area contributed by atoms with Gasteiger partial charge in [-0.25, -0.2) is 4.98 Å². The molecule has 1 heterocycles. The molecule has 0 aliphatic rings. The van der Waals surface area contributed by atoms with E-state index < -0.39 is 0 Å². The van der Waals surface area contributed by atoms with Crippen LogP contribution in [0.2, 0.25) is 0 Å². The Kier molecular flexibility index (Phi) is 5.09. The van der Waals surface area contributed by atoms with Gasteiger partial charge in [0.1, 0.15) is 17.2 Å². The highest BCUT2D eigenvalue weighted by atomic mass is 32.1. The lowest BCUT2D eigenvalue weighted by atomic mass is 10.2. The molecule has 1 aromatic heterocycles. The second-order valence-electron chi connectivity index (χ2n) is 4.13. The molecule has 2 rings (SSSR count). The van der Waals surface area contributed by atoms with E-state index in [-0.39, 0.29) is 19.1 Å². The molecule has 0 aliphatic heterocycles. The monoisotopic (exact) mass is 292 g/mol. The number of aliphatic hydroxyl groups is 1. The predicted octanol–water partition coefficient (Wildman–Crippen LogP) is 1.75. The smallest absolute Gasteiger partial charge is 0.263 e. The van der Waals surface area contributed by atoms with E-state index in [4.69, 9.17) is 9.84 Å². The van der Waals surface area contributed by atoms with E-state index in [0.29, 0.717) is 17.2 Å². The summed E-state index contributed by atoms with van der Waals surface area (Å²) < 4.78 is 5.42. The highest BCUT2D eigenvalue weighted by Crippen LogP contribution is 2.18. The summed E-state index contributed by atoms with van der Waals surface area (Å²) in [6, 6.07) is 7.43. The van der Waals surface area contributed by atoms with Crippen molar-refractivity contribution < 1.29 is 14.6 Å². The van der Waals surface area contributed by atoms with Gasteiger partial charge in [-0.05, 0) is 13.0 Å². The van der Waals surface area contributed by atoms with E-state index in [1.54, 1.807) is 5.51 Å². The number of hydrogen-bond acceptors (Lipinski definition) is 5. The Hall–Kier alpha value is -1.92. The molecule has 1 amide bonds. The number of para-hydroxylation sites is 1. The van der Waals surface area contributed by atoms with Gasteiger partial charge >= 0.3 is 0 Å². The van der Waals surface area contributed by atoms with Crippen molar-refractivity contribution in [2.24, 2.45) is 0 Å². The van der Waals surface area contributed by atoms with Gasteiger partial charge in [0, 0.05) is 12.1 Å². The molecule has 6 heteroatoms. The number of rotatable bonds is 6. The Bertz CT molecular complexity index is 583. The number of aliphatic hydroxyl groups excluding tert-OH is 1. The van der Waals surface area contributed by atoms with Crippen LogP contribution in [0.4, 0.5) is 0 Å². The quantitative estimate of drug-likeness (QED) is 0.851. The van der Waals surface area contributed by atoms with Crippen LogP contribution in [0.25, 0.3) is 0 Å². The Morgan fingerprint density at radius 2 is 2.25 bits per heavy atom. The number of aryl methyl sites for hydroxylation is 1. The molecule has 0 fully saturated rings. The van der Waals surface area contributed by atoms with Crippen molar-refractivity contribution in [2.45, 2.75) is 13.5 Å². The molecule has 0 aliphatic carbocycles. The normalized spacial score (nSPS) is 10.3. The number of carbonyl (C=O) groups is 1. The van der Waals surface area contributed by atoms with Crippen molar-refractivity contribution in [3.8, 4) is 5.75 Å². The SMILES string of the molecule is Cc1ncsc1C(=O)NCc1ccccc1OCCO. The maximum Gasteiger partial charge on any atom is 0.263 e. The largest absolute Gasteiger partial charge is 0.491 e. The number of nitrogens with one attached hydrogen (secondary N) is 1. The van der Waals surface area contributed by atoms with Crippen LogP contribution in [-0.4, -0.2) is 29.2 Å². The molecule has 2 N–H and O–H groups in total. The number of carbonyl (C=O) groups excluding carboxylic acids is 1. The van der Waals surface area contributed by atoms with Crippen LogP contribution in [0.15, 0.2) is 29.8 Å². The minimum Gasteiger partial charge on any atom is -0.491 e. The second-order valence-corrected chi connectivity index (χ2v) is 4.98. The van der Waals surface area contributed by atoms with Gasteiger partial charge in [-0.15, -0.1) is 11.3 Å². The van der Waals surface area contributed by atoms with Gasteiger partial charge in [0.15, 0.2) is 0 Å². The molecule has 0 spiro atoms. The maximum absolute atomic E-state index is 12.0. The number of ether oxygens (including phenoxy) is 1. The molecular formula is C14H16N2O3S. The molecule has 0 saturated heterocycles. The number of aromatic nitrogens is 1. The van der Waals surface area contributed by atoms with Crippen LogP contribution in [0.1, 0.15) is 20.9 Å². The van der Waals surface area contributed by atoms with Gasteiger partial charge in [-0.1, -0.05) is 18.2 Å². The molecule has 20 heavy (non-hydrogen) atoms. The van der Waals surface area contributed by atoms with Crippen LogP contribution in [0.3, 0.4) is 0 Å². The van der Waals surface area contributed by atoms with Crippen molar-refractivity contribution in [1.82, 2.24) is 10.3 Å². The Morgan fingerprint density at radius 3 is 2.95 bits per heavy atom. The minimum atomic E-state index is -0.137. The highest BCUT2D eigenvalue weighted by molar-refractivity contribution is 7.11. The average molecular weight is 292 g/mol. The van der Waals surface area contributed by atoms with Gasteiger partial charge in [0.25, 0.3) is 5.91 Å². The van der Waals surface area contributed by atoms with Crippen LogP contribution < -0.4 is 10.1 Å². The maximum atomic E-state index is 12.0. The first-order chi connectivity index (χ1) is 9.72. The van der Waals surface area contributed by atoms with Crippen LogP contribution in [0.5, 0.6) is 5.75 Å². The van der Waals surface area contributed by atoms with E-state index in [9.17, 15) is 4.79 Å². The molecule has 2 aromatic rings. The van der Waals surface area contributed by atoms with Crippen LogP contribution in [-0.2, 0) is 6.54 Å². The van der Waals surface area contributed by atoms with Crippen molar-refractivity contribution in [3.05, 3.63) is 45.9 Å². The molecule has 106 valence electrons. The first-order valence-electron chi connectivity index (χ1n) is 6.22. The first-order valence-corrected chi connectivity index (χ1v) is 7.10. The van der Waals surface area contributed by atoms with Crippen molar-refractivity contribution >= 4 is 17.2 Å². The summed E-state index contributed by atoms with van der Waals surface area (Å²) in [5.41, 5.74) is 3.26. The Morgan fingerprint density at radius 1 is 1.45 bits per heavy atom. The van der Waals surface area contributed by atoms with Gasteiger partial charge < -0.3 is 15.2 Å². The van der Waals surface area contributed by atoms with Gasteiger partial charge in [0.05, 0.1) is 17.8 Å². The number of thiazole rings is 1. The fraction of sp³-hybridized carbons (Fsp3) is 0.286. The summed E-state index contributed by atoms with van der Waals surface area (Å²) >= 11 is 1.32. The third-order valence-corrected chi connectivity index (χ3v) is 3.64. The zero-order chi connectivity index (χ0) is 14.4. The lowest BCUT2D eigenvalue weighted by Crippen LogP contribution is -2.23. The molecular weight excluding hydrogens is 276 g/mol. The van der Waals surface area contributed by atoms with Crippen molar-refractivity contribution in [3.63, 3.8) is 0 Å². The van der Waals surface area contributed by atoms with E-state index in [1.165, 1.54) is 11.3 Å². The number of nitrogens with zero attached hydrogens (tertiary/aromatic N) is 1. The Balaban J connectivity index is 2.00. The summed E-state index contributed by atoms with van der Waals surface area (Å²) in [6.45, 7) is 2.38. The van der Waals surface area contributed by atoms with Gasteiger partial charge in [0.2, 0.25) is 0 Å². The number of amides is 1. The van der Waals surface area contributed by atoms with Gasteiger partial charge in [-0.3, -0.25) is 4.79 Å². The predicted molar refractivity (Wildman–Crippen MR) is 77.0 cm³/mol. The lowest BCUT2D eigenvalue weighted by Gasteiger charge is -2.11. The number of benzene rings is 1.